The number of anilines is 1. The second-order valence-electron chi connectivity index (χ2n) is 10.2. The number of hydrogen-bond donors (Lipinski definition) is 3. The van der Waals surface area contributed by atoms with Gasteiger partial charge >= 0.3 is 6.01 Å². The van der Waals surface area contributed by atoms with Crippen molar-refractivity contribution in [1.82, 2.24) is 30.2 Å². The van der Waals surface area contributed by atoms with Gasteiger partial charge in [-0.2, -0.15) is 15.0 Å². The Bertz CT molecular complexity index is 907. The summed E-state index contributed by atoms with van der Waals surface area (Å²) in [4.78, 5) is 13.8. The number of rotatable bonds is 13. The van der Waals surface area contributed by atoms with E-state index in [1.165, 1.54) is 51.6 Å². The highest BCUT2D eigenvalue weighted by atomic mass is 16.5. The van der Waals surface area contributed by atoms with Gasteiger partial charge in [0.1, 0.15) is 0 Å². The molecule has 1 atom stereocenters. The fraction of sp³-hybridized carbons (Fsp3) is 0.808. The average molecular weight is 488 g/mol. The van der Waals surface area contributed by atoms with Crippen LogP contribution in [0.25, 0.3) is 11.2 Å². The Morgan fingerprint density at radius 2 is 1.71 bits per heavy atom. The zero-order chi connectivity index (χ0) is 24.5. The van der Waals surface area contributed by atoms with E-state index in [-0.39, 0.29) is 6.04 Å². The van der Waals surface area contributed by atoms with Gasteiger partial charge in [-0.1, -0.05) is 39.0 Å². The highest BCUT2D eigenvalue weighted by Crippen LogP contribution is 2.38. The maximum absolute atomic E-state index is 6.31. The number of piperidine rings is 2. The minimum atomic E-state index is 0.272. The Morgan fingerprint density at radius 3 is 2.43 bits per heavy atom. The van der Waals surface area contributed by atoms with E-state index in [2.05, 4.69) is 27.1 Å². The molecule has 0 bridgehead atoms. The zero-order valence-electron chi connectivity index (χ0n) is 21.7. The molecule has 2 aromatic rings. The van der Waals surface area contributed by atoms with Crippen LogP contribution in [-0.4, -0.2) is 59.4 Å². The maximum atomic E-state index is 6.31. The minimum absolute atomic E-state index is 0.272. The second-order valence-corrected chi connectivity index (χ2v) is 10.2. The number of unbranched alkanes of at least 4 members (excludes halogenated alkanes) is 3. The molecule has 2 saturated heterocycles. The summed E-state index contributed by atoms with van der Waals surface area (Å²) in [7, 11) is 1.68. The fourth-order valence-corrected chi connectivity index (χ4v) is 5.71. The Labute approximate surface area is 210 Å². The summed E-state index contributed by atoms with van der Waals surface area (Å²) in [5.74, 6) is 1.80. The molecule has 0 aromatic carbocycles. The predicted octanol–water partition coefficient (Wildman–Crippen LogP) is 4.09. The second kappa shape index (κ2) is 13.3. The molecule has 1 unspecified atom stereocenters. The topological polar surface area (TPSA) is 112 Å². The van der Waals surface area contributed by atoms with Crippen LogP contribution in [0.4, 0.5) is 5.82 Å². The lowest BCUT2D eigenvalue weighted by Gasteiger charge is -2.32. The van der Waals surface area contributed by atoms with Crippen LogP contribution in [0.3, 0.4) is 0 Å². The monoisotopic (exact) mass is 487 g/mol. The van der Waals surface area contributed by atoms with Crippen molar-refractivity contribution in [2.75, 3.05) is 45.6 Å². The van der Waals surface area contributed by atoms with Gasteiger partial charge in [0.15, 0.2) is 17.0 Å². The number of nitrogen functional groups attached to an aromatic ring is 1. The van der Waals surface area contributed by atoms with Crippen LogP contribution in [0, 0.1) is 11.8 Å². The number of fused-ring (bicyclic) bond motifs is 1. The third-order valence-electron chi connectivity index (χ3n) is 7.76. The molecule has 9 nitrogen and oxygen atoms in total. The first-order valence-electron chi connectivity index (χ1n) is 13.8. The van der Waals surface area contributed by atoms with Crippen LogP contribution >= 0.6 is 0 Å². The molecular weight excluding hydrogens is 442 g/mol. The fourth-order valence-electron chi connectivity index (χ4n) is 5.71. The summed E-state index contributed by atoms with van der Waals surface area (Å²) in [5.41, 5.74) is 7.65. The molecule has 2 aliphatic rings. The Balaban J connectivity index is 1.52. The summed E-state index contributed by atoms with van der Waals surface area (Å²) < 4.78 is 13.8. The summed E-state index contributed by atoms with van der Waals surface area (Å²) in [5, 5.41) is 6.99. The van der Waals surface area contributed by atoms with Crippen molar-refractivity contribution in [3.05, 3.63) is 0 Å². The molecule has 2 aliphatic heterocycles. The summed E-state index contributed by atoms with van der Waals surface area (Å²) in [6.45, 7) is 7.19. The van der Waals surface area contributed by atoms with Crippen molar-refractivity contribution in [2.24, 2.45) is 11.8 Å². The van der Waals surface area contributed by atoms with Crippen molar-refractivity contribution in [2.45, 2.75) is 83.6 Å². The molecule has 4 heterocycles. The highest BCUT2D eigenvalue weighted by molar-refractivity contribution is 5.83. The zero-order valence-corrected chi connectivity index (χ0v) is 21.7. The minimum Gasteiger partial charge on any atom is -0.468 e. The SMILES string of the molecule is CCCCOc1nc(N)c2nc(OC)n(C(CCCCCC3CCNCC3)C3CCNCC3)c2n1. The third kappa shape index (κ3) is 6.76. The summed E-state index contributed by atoms with van der Waals surface area (Å²) >= 11 is 0. The first-order valence-corrected chi connectivity index (χ1v) is 13.8. The largest absolute Gasteiger partial charge is 0.468 e. The van der Waals surface area contributed by atoms with Gasteiger partial charge in [0.2, 0.25) is 0 Å². The molecular formula is C26H45N7O2. The first kappa shape index (κ1) is 25.9. The molecule has 0 saturated carbocycles. The van der Waals surface area contributed by atoms with Gasteiger partial charge in [-0.15, -0.1) is 0 Å². The summed E-state index contributed by atoms with van der Waals surface area (Å²) in [6, 6.07) is 1.18. The van der Waals surface area contributed by atoms with Crippen LogP contribution in [0.2, 0.25) is 0 Å². The van der Waals surface area contributed by atoms with Gasteiger partial charge in [0, 0.05) is 6.04 Å². The van der Waals surface area contributed by atoms with E-state index < -0.39 is 0 Å². The average Bonchev–Trinajstić information content (AvgIpc) is 3.26. The van der Waals surface area contributed by atoms with Crippen LogP contribution in [0.1, 0.15) is 83.6 Å². The normalized spacial score (nSPS) is 18.7. The van der Waals surface area contributed by atoms with E-state index in [0.29, 0.717) is 35.9 Å². The van der Waals surface area contributed by atoms with E-state index in [9.17, 15) is 0 Å². The Morgan fingerprint density at radius 1 is 0.971 bits per heavy atom. The number of nitrogens with zero attached hydrogens (tertiary/aromatic N) is 4. The number of methoxy groups -OCH3 is 1. The summed E-state index contributed by atoms with van der Waals surface area (Å²) in [6.07, 6.45) is 13.2. The molecule has 4 N–H and O–H groups in total. The van der Waals surface area contributed by atoms with E-state index in [1.54, 1.807) is 7.11 Å². The lowest BCUT2D eigenvalue weighted by molar-refractivity contribution is 0.224. The molecule has 196 valence electrons. The van der Waals surface area contributed by atoms with Gasteiger partial charge in [-0.25, -0.2) is 0 Å². The van der Waals surface area contributed by atoms with Crippen molar-refractivity contribution >= 4 is 17.0 Å². The van der Waals surface area contributed by atoms with Crippen LogP contribution < -0.4 is 25.8 Å². The standard InChI is InChI=1S/C26H45N7O2/c1-3-4-18-35-25-31-23(27)22-24(32-25)33(26(30-22)34-2)21(20-12-16-29-17-13-20)9-7-5-6-8-19-10-14-28-15-11-19/h19-21,28-29H,3-18H2,1-2H3,(H2,27,31,32). The number of hydrogen-bond acceptors (Lipinski definition) is 8. The van der Waals surface area contributed by atoms with Gasteiger partial charge in [0.25, 0.3) is 6.01 Å². The molecule has 4 rings (SSSR count). The van der Waals surface area contributed by atoms with Crippen LogP contribution in [0.15, 0.2) is 0 Å². The molecule has 9 heteroatoms. The van der Waals surface area contributed by atoms with Gasteiger partial charge in [-0.05, 0) is 76.5 Å². The number of nitrogens with two attached hydrogens (primary N) is 1. The van der Waals surface area contributed by atoms with Crippen molar-refractivity contribution in [1.29, 1.82) is 0 Å². The van der Waals surface area contributed by atoms with Crippen molar-refractivity contribution in [3.63, 3.8) is 0 Å². The first-order chi connectivity index (χ1) is 17.2. The van der Waals surface area contributed by atoms with Gasteiger partial charge in [-0.3, -0.25) is 4.57 Å². The van der Waals surface area contributed by atoms with E-state index in [4.69, 9.17) is 25.2 Å². The number of ether oxygens (including phenoxy) is 2. The quantitative estimate of drug-likeness (QED) is 0.362. The molecule has 2 fully saturated rings. The molecule has 0 radical (unpaired) electrons. The van der Waals surface area contributed by atoms with Crippen LogP contribution in [0.5, 0.6) is 12.0 Å². The molecule has 35 heavy (non-hydrogen) atoms. The third-order valence-corrected chi connectivity index (χ3v) is 7.76. The Hall–Kier alpha value is -2.13. The van der Waals surface area contributed by atoms with E-state index in [0.717, 1.165) is 56.8 Å². The van der Waals surface area contributed by atoms with Crippen LogP contribution in [-0.2, 0) is 0 Å². The molecule has 2 aromatic heterocycles. The Kier molecular flexibility index (Phi) is 9.83. The molecule has 0 aliphatic carbocycles. The maximum Gasteiger partial charge on any atom is 0.320 e. The number of aromatic nitrogens is 4. The van der Waals surface area contributed by atoms with Gasteiger partial charge in [0.05, 0.1) is 13.7 Å². The molecule has 0 amide bonds. The van der Waals surface area contributed by atoms with Crippen molar-refractivity contribution < 1.29 is 9.47 Å². The smallest absolute Gasteiger partial charge is 0.320 e. The van der Waals surface area contributed by atoms with Gasteiger partial charge < -0.3 is 25.8 Å². The lowest BCUT2D eigenvalue weighted by Crippen LogP contribution is -2.33. The molecule has 0 spiro atoms. The number of imidazole rings is 1. The van der Waals surface area contributed by atoms with E-state index >= 15 is 0 Å². The predicted molar refractivity (Wildman–Crippen MR) is 140 cm³/mol. The lowest BCUT2D eigenvalue weighted by atomic mass is 9.86. The van der Waals surface area contributed by atoms with Crippen molar-refractivity contribution in [3.8, 4) is 12.0 Å². The number of nitrogens with one attached hydrogen (secondary N) is 2. The van der Waals surface area contributed by atoms with E-state index in [1.807, 2.05) is 0 Å². The highest BCUT2D eigenvalue weighted by Gasteiger charge is 2.30.